The summed E-state index contributed by atoms with van der Waals surface area (Å²) in [6.45, 7) is 4.06. The van der Waals surface area contributed by atoms with E-state index in [4.69, 9.17) is 11.0 Å². The van der Waals surface area contributed by atoms with Gasteiger partial charge in [-0.2, -0.15) is 5.26 Å². The van der Waals surface area contributed by atoms with Crippen molar-refractivity contribution in [1.82, 2.24) is 4.98 Å². The highest BCUT2D eigenvalue weighted by atomic mass is 16.3. The molecule has 0 fully saturated rings. The summed E-state index contributed by atoms with van der Waals surface area (Å²) in [5.74, 6) is -1.32. The number of rotatable bonds is 5. The van der Waals surface area contributed by atoms with E-state index in [2.05, 4.69) is 11.9 Å². The lowest BCUT2D eigenvalue weighted by atomic mass is 10.1. The SMILES string of the molecule is CCCc1[nH]c(/C(O)=C(\C#N)C(N)=O)cc1CC. The maximum absolute atomic E-state index is 11.0. The summed E-state index contributed by atoms with van der Waals surface area (Å²) in [6.07, 6.45) is 2.64. The molecule has 0 saturated heterocycles. The molecule has 0 unspecified atom stereocenters. The standard InChI is InChI=1S/C13H17N3O2/c1-3-5-10-8(4-2)6-11(16-10)12(17)9(7-14)13(15)18/h6,16-17H,3-5H2,1-2H3,(H2,15,18)/b12-9-. The van der Waals surface area contributed by atoms with Crippen LogP contribution in [0.25, 0.3) is 5.76 Å². The first-order chi connectivity index (χ1) is 8.54. The molecule has 4 N–H and O–H groups in total. The van der Waals surface area contributed by atoms with Crippen LogP contribution in [0.15, 0.2) is 11.6 Å². The van der Waals surface area contributed by atoms with Crippen LogP contribution in [0.1, 0.15) is 37.2 Å². The van der Waals surface area contributed by atoms with Crippen molar-refractivity contribution in [3.05, 3.63) is 28.6 Å². The van der Waals surface area contributed by atoms with Crippen molar-refractivity contribution >= 4 is 11.7 Å². The van der Waals surface area contributed by atoms with Gasteiger partial charge in [-0.05, 0) is 24.5 Å². The Morgan fingerprint density at radius 2 is 2.22 bits per heavy atom. The van der Waals surface area contributed by atoms with Crippen LogP contribution in [0.2, 0.25) is 0 Å². The second-order valence-electron chi connectivity index (χ2n) is 3.99. The van der Waals surface area contributed by atoms with Crippen molar-refractivity contribution < 1.29 is 9.90 Å². The van der Waals surface area contributed by atoms with E-state index in [9.17, 15) is 9.90 Å². The molecule has 1 rings (SSSR count). The fourth-order valence-electron chi connectivity index (χ4n) is 1.82. The van der Waals surface area contributed by atoms with Gasteiger partial charge in [-0.15, -0.1) is 0 Å². The molecule has 0 spiro atoms. The van der Waals surface area contributed by atoms with E-state index >= 15 is 0 Å². The molecule has 18 heavy (non-hydrogen) atoms. The van der Waals surface area contributed by atoms with Gasteiger partial charge in [0.15, 0.2) is 11.3 Å². The highest BCUT2D eigenvalue weighted by Gasteiger charge is 2.16. The number of aromatic amines is 1. The summed E-state index contributed by atoms with van der Waals surface area (Å²) < 4.78 is 0. The zero-order valence-corrected chi connectivity index (χ0v) is 10.6. The molecule has 1 aromatic rings. The summed E-state index contributed by atoms with van der Waals surface area (Å²) >= 11 is 0. The molecule has 1 amide bonds. The van der Waals surface area contributed by atoms with Gasteiger partial charge >= 0.3 is 0 Å². The lowest BCUT2D eigenvalue weighted by Crippen LogP contribution is -2.14. The maximum atomic E-state index is 11.0. The van der Waals surface area contributed by atoms with Gasteiger partial charge < -0.3 is 15.8 Å². The molecule has 5 heteroatoms. The molecule has 0 aliphatic carbocycles. The number of carbonyl (C=O) groups excluding carboxylic acids is 1. The summed E-state index contributed by atoms with van der Waals surface area (Å²) in [7, 11) is 0. The Bertz CT molecular complexity index is 521. The molecular weight excluding hydrogens is 230 g/mol. The molecule has 0 bridgehead atoms. The molecule has 5 nitrogen and oxygen atoms in total. The summed E-state index contributed by atoms with van der Waals surface area (Å²) in [4.78, 5) is 14.0. The summed E-state index contributed by atoms with van der Waals surface area (Å²) in [6, 6.07) is 3.36. The second kappa shape index (κ2) is 5.92. The van der Waals surface area contributed by atoms with Gasteiger partial charge in [0, 0.05) is 5.69 Å². The minimum absolute atomic E-state index is 0.366. The number of H-pyrrole nitrogens is 1. The Hall–Kier alpha value is -2.22. The van der Waals surface area contributed by atoms with Gasteiger partial charge in [0.1, 0.15) is 6.07 Å². The minimum Gasteiger partial charge on any atom is -0.504 e. The van der Waals surface area contributed by atoms with Crippen LogP contribution in [0.5, 0.6) is 0 Å². The van der Waals surface area contributed by atoms with Crippen molar-refractivity contribution in [2.75, 3.05) is 0 Å². The number of nitriles is 1. The van der Waals surface area contributed by atoms with E-state index in [1.165, 1.54) is 0 Å². The zero-order valence-electron chi connectivity index (χ0n) is 10.6. The highest BCUT2D eigenvalue weighted by Crippen LogP contribution is 2.20. The molecule has 0 saturated carbocycles. The summed E-state index contributed by atoms with van der Waals surface area (Å²) in [5.41, 5.74) is 7.05. The third kappa shape index (κ3) is 2.72. The molecule has 96 valence electrons. The molecule has 1 heterocycles. The number of aryl methyl sites for hydroxylation is 2. The van der Waals surface area contributed by atoms with Crippen molar-refractivity contribution in [2.24, 2.45) is 5.73 Å². The first kappa shape index (κ1) is 13.8. The van der Waals surface area contributed by atoms with E-state index in [1.54, 1.807) is 12.1 Å². The number of hydrogen-bond acceptors (Lipinski definition) is 3. The fraction of sp³-hybridized carbons (Fsp3) is 0.385. The predicted molar refractivity (Wildman–Crippen MR) is 68.5 cm³/mol. The lowest BCUT2D eigenvalue weighted by Gasteiger charge is -1.99. The first-order valence-electron chi connectivity index (χ1n) is 5.89. The topological polar surface area (TPSA) is 103 Å². The van der Waals surface area contributed by atoms with Crippen LogP contribution in [-0.4, -0.2) is 16.0 Å². The first-order valence-corrected chi connectivity index (χ1v) is 5.89. The Morgan fingerprint density at radius 3 is 2.67 bits per heavy atom. The Kier molecular flexibility index (Phi) is 4.55. The molecular formula is C13H17N3O2. The van der Waals surface area contributed by atoms with Gasteiger partial charge in [-0.1, -0.05) is 20.3 Å². The second-order valence-corrected chi connectivity index (χ2v) is 3.99. The number of aliphatic hydroxyl groups is 1. The van der Waals surface area contributed by atoms with Crippen LogP contribution < -0.4 is 5.73 Å². The predicted octanol–water partition coefficient (Wildman–Crippen LogP) is 1.81. The van der Waals surface area contributed by atoms with E-state index in [-0.39, 0.29) is 5.76 Å². The van der Waals surface area contributed by atoms with Gasteiger partial charge in [-0.3, -0.25) is 4.79 Å². The third-order valence-electron chi connectivity index (χ3n) is 2.72. The average molecular weight is 247 g/mol. The van der Waals surface area contributed by atoms with Crippen molar-refractivity contribution in [3.63, 3.8) is 0 Å². The fourth-order valence-corrected chi connectivity index (χ4v) is 1.82. The molecule has 0 atom stereocenters. The monoisotopic (exact) mass is 247 g/mol. The summed E-state index contributed by atoms with van der Waals surface area (Å²) in [5, 5.41) is 18.7. The van der Waals surface area contributed by atoms with E-state index in [0.29, 0.717) is 5.69 Å². The zero-order chi connectivity index (χ0) is 13.7. The van der Waals surface area contributed by atoms with Crippen LogP contribution in [0.3, 0.4) is 0 Å². The van der Waals surface area contributed by atoms with Gasteiger partial charge in [0.25, 0.3) is 5.91 Å². The number of carbonyl (C=O) groups is 1. The number of nitrogens with one attached hydrogen (secondary N) is 1. The average Bonchev–Trinajstić information content (AvgIpc) is 2.73. The van der Waals surface area contributed by atoms with Gasteiger partial charge in [-0.25, -0.2) is 0 Å². The van der Waals surface area contributed by atoms with Crippen LogP contribution in [-0.2, 0) is 17.6 Å². The van der Waals surface area contributed by atoms with Crippen molar-refractivity contribution in [1.29, 1.82) is 5.26 Å². The van der Waals surface area contributed by atoms with Crippen LogP contribution in [0, 0.1) is 11.3 Å². The number of nitrogens with two attached hydrogens (primary N) is 1. The Balaban J connectivity index is 3.26. The number of hydrogen-bond donors (Lipinski definition) is 3. The molecule has 0 radical (unpaired) electrons. The number of nitrogens with zero attached hydrogens (tertiary/aromatic N) is 1. The largest absolute Gasteiger partial charge is 0.504 e. The Morgan fingerprint density at radius 1 is 1.56 bits per heavy atom. The quantitative estimate of drug-likeness (QED) is 0.420. The number of aromatic nitrogens is 1. The van der Waals surface area contributed by atoms with Crippen molar-refractivity contribution in [3.8, 4) is 6.07 Å². The lowest BCUT2D eigenvalue weighted by molar-refractivity contribution is -0.114. The van der Waals surface area contributed by atoms with E-state index in [0.717, 1.165) is 30.5 Å². The van der Waals surface area contributed by atoms with Gasteiger partial charge in [0.2, 0.25) is 0 Å². The third-order valence-corrected chi connectivity index (χ3v) is 2.72. The number of amides is 1. The number of primary amides is 1. The minimum atomic E-state index is -0.931. The molecule has 0 aromatic carbocycles. The van der Waals surface area contributed by atoms with Crippen LogP contribution in [0.4, 0.5) is 0 Å². The molecule has 0 aliphatic rings. The van der Waals surface area contributed by atoms with Gasteiger partial charge in [0.05, 0.1) is 5.69 Å². The van der Waals surface area contributed by atoms with E-state index < -0.39 is 11.5 Å². The highest BCUT2D eigenvalue weighted by molar-refractivity contribution is 6.02. The maximum Gasteiger partial charge on any atom is 0.263 e. The van der Waals surface area contributed by atoms with E-state index in [1.807, 2.05) is 6.92 Å². The molecule has 0 aliphatic heterocycles. The normalized spacial score (nSPS) is 11.8. The van der Waals surface area contributed by atoms with Crippen molar-refractivity contribution in [2.45, 2.75) is 33.1 Å². The molecule has 1 aromatic heterocycles. The number of aliphatic hydroxyl groups excluding tert-OH is 1. The van der Waals surface area contributed by atoms with Crippen LogP contribution >= 0.6 is 0 Å². The smallest absolute Gasteiger partial charge is 0.263 e. The Labute approximate surface area is 106 Å².